The zero-order valence-electron chi connectivity index (χ0n) is 14.8. The summed E-state index contributed by atoms with van der Waals surface area (Å²) in [4.78, 5) is 17.5. The maximum absolute atomic E-state index is 11.9. The number of pyridine rings is 1. The maximum Gasteiger partial charge on any atom is 0.189 e. The zero-order chi connectivity index (χ0) is 17.3. The van der Waals surface area contributed by atoms with Crippen molar-refractivity contribution >= 4 is 10.9 Å². The second kappa shape index (κ2) is 6.81. The molecule has 1 N–H and O–H groups in total. The fraction of sp³-hybridized carbons (Fsp3) is 0.550. The number of rotatable bonds is 5. The summed E-state index contributed by atoms with van der Waals surface area (Å²) in [7, 11) is 0. The predicted molar refractivity (Wildman–Crippen MR) is 98.3 cm³/mol. The van der Waals surface area contributed by atoms with Crippen LogP contribution in [0.15, 0.2) is 29.2 Å². The third-order valence-electron chi connectivity index (χ3n) is 5.66. The molecule has 0 radical (unpaired) electrons. The molecule has 0 amide bonds. The fourth-order valence-electron chi connectivity index (χ4n) is 3.86. The smallest absolute Gasteiger partial charge is 0.189 e. The number of nitrogens with zero attached hydrogens (tertiary/aromatic N) is 1. The molecule has 2 fully saturated rings. The van der Waals surface area contributed by atoms with E-state index in [0.717, 1.165) is 48.4 Å². The number of piperidine rings is 1. The monoisotopic (exact) mass is 342 g/mol. The normalized spacial score (nSPS) is 19.9. The van der Waals surface area contributed by atoms with Gasteiger partial charge in [0.05, 0.1) is 25.3 Å². The Kier molecular flexibility index (Phi) is 4.52. The van der Waals surface area contributed by atoms with Crippen molar-refractivity contribution in [3.8, 4) is 5.75 Å². The summed E-state index contributed by atoms with van der Waals surface area (Å²) in [6, 6.07) is 5.41. The van der Waals surface area contributed by atoms with Crippen LogP contribution in [-0.4, -0.2) is 49.3 Å². The first-order valence-corrected chi connectivity index (χ1v) is 9.20. The summed E-state index contributed by atoms with van der Waals surface area (Å²) in [6.07, 6.45) is 5.24. The van der Waals surface area contributed by atoms with Crippen LogP contribution in [0.3, 0.4) is 0 Å². The van der Waals surface area contributed by atoms with Crippen molar-refractivity contribution in [3.63, 3.8) is 0 Å². The van der Waals surface area contributed by atoms with Crippen molar-refractivity contribution in [3.05, 3.63) is 40.2 Å². The van der Waals surface area contributed by atoms with Gasteiger partial charge >= 0.3 is 0 Å². The van der Waals surface area contributed by atoms with Crippen LogP contribution < -0.4 is 10.2 Å². The van der Waals surface area contributed by atoms with Crippen molar-refractivity contribution in [2.24, 2.45) is 5.41 Å². The topological polar surface area (TPSA) is 54.6 Å². The van der Waals surface area contributed by atoms with E-state index in [2.05, 4.69) is 9.88 Å². The molecule has 2 saturated heterocycles. The van der Waals surface area contributed by atoms with E-state index in [9.17, 15) is 4.79 Å². The van der Waals surface area contributed by atoms with E-state index >= 15 is 0 Å². The number of aryl methyl sites for hydroxylation is 1. The Morgan fingerprint density at radius 1 is 1.28 bits per heavy atom. The van der Waals surface area contributed by atoms with Crippen molar-refractivity contribution in [2.45, 2.75) is 26.2 Å². The largest absolute Gasteiger partial charge is 0.493 e. The number of aromatic amines is 1. The Bertz CT molecular complexity index is 800. The zero-order valence-corrected chi connectivity index (χ0v) is 14.8. The van der Waals surface area contributed by atoms with Gasteiger partial charge in [-0.05, 0) is 50.9 Å². The lowest BCUT2D eigenvalue weighted by Gasteiger charge is -2.47. The third kappa shape index (κ3) is 3.44. The predicted octanol–water partition coefficient (Wildman–Crippen LogP) is 2.72. The molecule has 2 aliphatic rings. The molecule has 2 aromatic rings. The molecule has 0 aliphatic carbocycles. The number of nitrogens with one attached hydrogen (secondary N) is 1. The van der Waals surface area contributed by atoms with Crippen LogP contribution in [0.5, 0.6) is 5.75 Å². The summed E-state index contributed by atoms with van der Waals surface area (Å²) in [5.41, 5.74) is 2.39. The van der Waals surface area contributed by atoms with Crippen molar-refractivity contribution in [1.82, 2.24) is 9.88 Å². The number of ether oxygens (including phenoxy) is 2. The molecule has 4 rings (SSSR count). The lowest BCUT2D eigenvalue weighted by atomic mass is 9.77. The number of hydrogen-bond donors (Lipinski definition) is 1. The van der Waals surface area contributed by atoms with Gasteiger partial charge in [-0.3, -0.25) is 4.79 Å². The van der Waals surface area contributed by atoms with Crippen molar-refractivity contribution in [2.75, 3.05) is 39.5 Å². The highest BCUT2D eigenvalue weighted by Crippen LogP contribution is 2.38. The average Bonchev–Trinajstić information content (AvgIpc) is 2.59. The first-order valence-electron chi connectivity index (χ1n) is 9.20. The minimum absolute atomic E-state index is 0.0446. The molecule has 5 nitrogen and oxygen atoms in total. The molecular weight excluding hydrogens is 316 g/mol. The molecule has 134 valence electrons. The summed E-state index contributed by atoms with van der Waals surface area (Å²) in [6.45, 7) is 8.07. The molecule has 0 saturated carbocycles. The van der Waals surface area contributed by atoms with Crippen LogP contribution in [0.1, 0.15) is 24.8 Å². The first-order chi connectivity index (χ1) is 12.2. The lowest BCUT2D eigenvalue weighted by Crippen LogP contribution is -2.51. The number of likely N-dealkylation sites (tertiary alicyclic amines) is 1. The number of fused-ring (bicyclic) bond motifs is 1. The van der Waals surface area contributed by atoms with Gasteiger partial charge in [0.1, 0.15) is 5.75 Å². The molecule has 0 unspecified atom stereocenters. The van der Waals surface area contributed by atoms with Gasteiger partial charge in [0, 0.05) is 35.7 Å². The SMILES string of the molecule is Cc1cc2c(=O)cc[nH]c2cc1OCCCN1CCC2(CC1)COC2. The highest BCUT2D eigenvalue weighted by atomic mass is 16.5. The van der Waals surface area contributed by atoms with Gasteiger partial charge < -0.3 is 19.4 Å². The Labute approximate surface area is 147 Å². The Balaban J connectivity index is 1.28. The fourth-order valence-corrected chi connectivity index (χ4v) is 3.86. The van der Waals surface area contributed by atoms with Crippen LogP contribution in [0, 0.1) is 12.3 Å². The van der Waals surface area contributed by atoms with Crippen molar-refractivity contribution < 1.29 is 9.47 Å². The maximum atomic E-state index is 11.9. The van der Waals surface area contributed by atoms with E-state index in [1.807, 2.05) is 19.1 Å². The summed E-state index contributed by atoms with van der Waals surface area (Å²) < 4.78 is 11.4. The Hall–Kier alpha value is -1.85. The van der Waals surface area contributed by atoms with Gasteiger partial charge in [0.15, 0.2) is 5.43 Å². The van der Waals surface area contributed by atoms with E-state index in [4.69, 9.17) is 9.47 Å². The van der Waals surface area contributed by atoms with Crippen LogP contribution >= 0.6 is 0 Å². The van der Waals surface area contributed by atoms with Gasteiger partial charge in [0.25, 0.3) is 0 Å². The van der Waals surface area contributed by atoms with Gasteiger partial charge in [0.2, 0.25) is 0 Å². The van der Waals surface area contributed by atoms with E-state index in [-0.39, 0.29) is 5.43 Å². The standard InChI is InChI=1S/C20H26N2O3/c1-15-11-16-17(21-6-3-18(16)23)12-19(15)25-10-2-7-22-8-4-20(5-9-22)13-24-14-20/h3,6,11-12H,2,4-5,7-10,13-14H2,1H3,(H,21,23). The van der Waals surface area contributed by atoms with E-state index in [0.29, 0.717) is 12.0 Å². The summed E-state index contributed by atoms with van der Waals surface area (Å²) in [5, 5.41) is 0.717. The minimum atomic E-state index is 0.0446. The second-order valence-corrected chi connectivity index (χ2v) is 7.54. The van der Waals surface area contributed by atoms with Gasteiger partial charge in [-0.2, -0.15) is 0 Å². The van der Waals surface area contributed by atoms with Crippen LogP contribution in [0.2, 0.25) is 0 Å². The quantitative estimate of drug-likeness (QED) is 0.849. The highest BCUT2D eigenvalue weighted by molar-refractivity contribution is 5.80. The molecule has 0 atom stereocenters. The summed E-state index contributed by atoms with van der Waals surface area (Å²) in [5.74, 6) is 0.860. The van der Waals surface area contributed by atoms with Crippen LogP contribution in [-0.2, 0) is 4.74 Å². The number of aromatic nitrogens is 1. The van der Waals surface area contributed by atoms with Crippen molar-refractivity contribution in [1.29, 1.82) is 0 Å². The molecule has 0 bridgehead atoms. The molecule has 1 aromatic heterocycles. The number of H-pyrrole nitrogens is 1. The molecule has 1 aromatic carbocycles. The molecule has 3 heterocycles. The van der Waals surface area contributed by atoms with E-state index in [1.165, 1.54) is 25.9 Å². The van der Waals surface area contributed by atoms with Crippen LogP contribution in [0.4, 0.5) is 0 Å². The average molecular weight is 342 g/mol. The van der Waals surface area contributed by atoms with Gasteiger partial charge in [-0.15, -0.1) is 0 Å². The Morgan fingerprint density at radius 3 is 2.80 bits per heavy atom. The number of benzene rings is 1. The molecule has 1 spiro atoms. The van der Waals surface area contributed by atoms with E-state index in [1.54, 1.807) is 12.3 Å². The Morgan fingerprint density at radius 2 is 2.08 bits per heavy atom. The van der Waals surface area contributed by atoms with E-state index < -0.39 is 0 Å². The minimum Gasteiger partial charge on any atom is -0.493 e. The molecule has 25 heavy (non-hydrogen) atoms. The lowest BCUT2D eigenvalue weighted by molar-refractivity contribution is -0.139. The second-order valence-electron chi connectivity index (χ2n) is 7.54. The first kappa shape index (κ1) is 16.6. The number of hydrogen-bond acceptors (Lipinski definition) is 4. The third-order valence-corrected chi connectivity index (χ3v) is 5.66. The van der Waals surface area contributed by atoms with Gasteiger partial charge in [-0.1, -0.05) is 0 Å². The van der Waals surface area contributed by atoms with Crippen LogP contribution in [0.25, 0.3) is 10.9 Å². The molecule has 5 heteroatoms. The van der Waals surface area contributed by atoms with Gasteiger partial charge in [-0.25, -0.2) is 0 Å². The molecular formula is C20H26N2O3. The highest BCUT2D eigenvalue weighted by Gasteiger charge is 2.40. The molecule has 2 aliphatic heterocycles. The summed E-state index contributed by atoms with van der Waals surface area (Å²) >= 11 is 0.